The van der Waals surface area contributed by atoms with Crippen LogP contribution < -0.4 is 25.1 Å². The molecule has 4 aromatic rings. The van der Waals surface area contributed by atoms with Gasteiger partial charge in [0, 0.05) is 11.4 Å². The Morgan fingerprint density at radius 2 is 1.88 bits per heavy atom. The molecule has 0 aliphatic heterocycles. The lowest BCUT2D eigenvalue weighted by Gasteiger charge is -2.12. The van der Waals surface area contributed by atoms with Crippen molar-refractivity contribution in [2.45, 2.75) is 26.7 Å². The number of rotatable bonds is 8. The molecule has 0 aliphatic carbocycles. The third-order valence-electron chi connectivity index (χ3n) is 5.17. The molecule has 176 valence electrons. The van der Waals surface area contributed by atoms with Crippen LogP contribution in [0.5, 0.6) is 11.5 Å². The lowest BCUT2D eigenvalue weighted by Crippen LogP contribution is -2.28. The minimum Gasteiger partial charge on any atom is -0.493 e. The van der Waals surface area contributed by atoms with Gasteiger partial charge >= 0.3 is 0 Å². The van der Waals surface area contributed by atoms with Gasteiger partial charge in [-0.2, -0.15) is 14.6 Å². The number of fused-ring (bicyclic) bond motifs is 1. The van der Waals surface area contributed by atoms with E-state index in [1.807, 2.05) is 30.3 Å². The van der Waals surface area contributed by atoms with Crippen molar-refractivity contribution in [1.29, 1.82) is 0 Å². The lowest BCUT2D eigenvalue weighted by molar-refractivity contribution is 0.273. The van der Waals surface area contributed by atoms with Crippen molar-refractivity contribution in [3.05, 3.63) is 89.5 Å². The Morgan fingerprint density at radius 3 is 2.59 bits per heavy atom. The molecule has 2 aromatic carbocycles. The molecule has 9 heteroatoms. The van der Waals surface area contributed by atoms with E-state index in [9.17, 15) is 9.59 Å². The third kappa shape index (κ3) is 5.46. The van der Waals surface area contributed by atoms with E-state index in [-0.39, 0.29) is 22.6 Å². The Bertz CT molecular complexity index is 1480. The summed E-state index contributed by atoms with van der Waals surface area (Å²) in [5.41, 5.74) is 1.04. The van der Waals surface area contributed by atoms with E-state index >= 15 is 0 Å². The van der Waals surface area contributed by atoms with Gasteiger partial charge in [-0.1, -0.05) is 55.0 Å². The van der Waals surface area contributed by atoms with Gasteiger partial charge in [0.05, 0.1) is 18.2 Å². The van der Waals surface area contributed by atoms with E-state index in [1.54, 1.807) is 25.3 Å². The van der Waals surface area contributed by atoms with E-state index in [0.29, 0.717) is 33.6 Å². The molecule has 0 fully saturated rings. The third-order valence-corrected chi connectivity index (χ3v) is 6.38. The first kappa shape index (κ1) is 23.9. The van der Waals surface area contributed by atoms with Crippen molar-refractivity contribution in [2.75, 3.05) is 13.7 Å². The maximum atomic E-state index is 13.0. The van der Waals surface area contributed by atoms with Crippen LogP contribution in [0.2, 0.25) is 5.02 Å². The fourth-order valence-corrected chi connectivity index (χ4v) is 4.33. The molecule has 0 saturated heterocycles. The summed E-state index contributed by atoms with van der Waals surface area (Å²) in [4.78, 5) is 29.8. The first-order valence-electron chi connectivity index (χ1n) is 10.8. The number of nitrogens with zero attached hydrogens (tertiary/aromatic N) is 3. The second-order valence-electron chi connectivity index (χ2n) is 8.22. The van der Waals surface area contributed by atoms with Crippen LogP contribution >= 0.6 is 22.9 Å². The molecular weight excluding hydrogens is 474 g/mol. The predicted molar refractivity (Wildman–Crippen MR) is 134 cm³/mol. The molecule has 2 aromatic heterocycles. The average molecular weight is 498 g/mol. The van der Waals surface area contributed by atoms with Gasteiger partial charge in [-0.15, -0.1) is 0 Å². The van der Waals surface area contributed by atoms with Gasteiger partial charge < -0.3 is 9.47 Å². The highest BCUT2D eigenvalue weighted by atomic mass is 35.5. The fraction of sp³-hybridized carbons (Fsp3) is 0.280. The number of aromatic nitrogens is 3. The lowest BCUT2D eigenvalue weighted by atomic mass is 10.1. The van der Waals surface area contributed by atoms with Crippen molar-refractivity contribution in [3.63, 3.8) is 0 Å². The smallest absolute Gasteiger partial charge is 0.296 e. The van der Waals surface area contributed by atoms with E-state index in [2.05, 4.69) is 23.9 Å². The van der Waals surface area contributed by atoms with E-state index in [4.69, 9.17) is 21.1 Å². The highest BCUT2D eigenvalue weighted by Crippen LogP contribution is 2.28. The van der Waals surface area contributed by atoms with Gasteiger partial charge in [-0.25, -0.2) is 0 Å². The van der Waals surface area contributed by atoms with Crippen molar-refractivity contribution in [2.24, 2.45) is 5.92 Å². The monoisotopic (exact) mass is 497 g/mol. The van der Waals surface area contributed by atoms with Crippen LogP contribution in [-0.4, -0.2) is 28.3 Å². The molecule has 0 aliphatic rings. The standard InChI is InChI=1S/C25H24ClN3O4S/c1-15(2)10-11-33-20-9-6-17(13-21(20)32-3)14-22-24(31)29-25(34-22)27-23(30)19(28-29)12-16-4-7-18(26)8-5-16/h4-9,13-15H,10-12H2,1-3H3. The maximum absolute atomic E-state index is 13.0. The molecule has 0 radical (unpaired) electrons. The van der Waals surface area contributed by atoms with Crippen LogP contribution in [0.1, 0.15) is 37.1 Å². The van der Waals surface area contributed by atoms with Gasteiger partial charge in [-0.3, -0.25) is 9.59 Å². The van der Waals surface area contributed by atoms with Crippen molar-refractivity contribution in [1.82, 2.24) is 14.6 Å². The summed E-state index contributed by atoms with van der Waals surface area (Å²) in [6.07, 6.45) is 2.93. The van der Waals surface area contributed by atoms with Crippen molar-refractivity contribution >= 4 is 34.0 Å². The zero-order valence-corrected chi connectivity index (χ0v) is 20.7. The molecule has 34 heavy (non-hydrogen) atoms. The molecule has 4 rings (SSSR count). The first-order chi connectivity index (χ1) is 16.3. The number of methoxy groups -OCH3 is 1. The van der Waals surface area contributed by atoms with Crippen LogP contribution in [-0.2, 0) is 6.42 Å². The van der Waals surface area contributed by atoms with Crippen molar-refractivity contribution < 1.29 is 9.47 Å². The Balaban J connectivity index is 1.66. The Labute approximate surface area is 205 Å². The molecule has 0 saturated carbocycles. The minimum absolute atomic E-state index is 0.200. The number of hydrogen-bond acceptors (Lipinski definition) is 7. The zero-order chi connectivity index (χ0) is 24.2. The summed E-state index contributed by atoms with van der Waals surface area (Å²) in [5, 5.41) is 4.90. The van der Waals surface area contributed by atoms with Crippen LogP contribution in [0, 0.1) is 5.92 Å². The number of benzene rings is 2. The van der Waals surface area contributed by atoms with Crippen LogP contribution in [0.3, 0.4) is 0 Å². The quantitative estimate of drug-likeness (QED) is 0.369. The Morgan fingerprint density at radius 1 is 1.12 bits per heavy atom. The van der Waals surface area contributed by atoms with Gasteiger partial charge in [0.25, 0.3) is 11.1 Å². The number of halogens is 1. The van der Waals surface area contributed by atoms with Gasteiger partial charge in [-0.05, 0) is 53.8 Å². The van der Waals surface area contributed by atoms with Crippen molar-refractivity contribution in [3.8, 4) is 11.5 Å². The summed E-state index contributed by atoms with van der Waals surface area (Å²) in [7, 11) is 1.58. The van der Waals surface area contributed by atoms with Crippen LogP contribution in [0.4, 0.5) is 0 Å². The predicted octanol–water partition coefficient (Wildman–Crippen LogP) is 3.74. The number of thiazole rings is 1. The molecule has 0 N–H and O–H groups in total. The summed E-state index contributed by atoms with van der Waals surface area (Å²) < 4.78 is 12.9. The summed E-state index contributed by atoms with van der Waals surface area (Å²) in [6, 6.07) is 12.6. The minimum atomic E-state index is -0.452. The van der Waals surface area contributed by atoms with Gasteiger partial charge in [0.2, 0.25) is 4.96 Å². The Kier molecular flexibility index (Phi) is 7.29. The topological polar surface area (TPSA) is 82.8 Å². The van der Waals surface area contributed by atoms with Crippen LogP contribution in [0.25, 0.3) is 11.0 Å². The van der Waals surface area contributed by atoms with E-state index < -0.39 is 5.56 Å². The van der Waals surface area contributed by atoms with E-state index in [0.717, 1.165) is 28.9 Å². The summed E-state index contributed by atoms with van der Waals surface area (Å²) in [6.45, 7) is 4.88. The second kappa shape index (κ2) is 10.4. The fourth-order valence-electron chi connectivity index (χ4n) is 3.30. The largest absolute Gasteiger partial charge is 0.493 e. The van der Waals surface area contributed by atoms with Gasteiger partial charge in [0.15, 0.2) is 11.5 Å². The molecule has 2 heterocycles. The SMILES string of the molecule is COc1cc(C=c2sc3nc(=O)c(Cc4ccc(Cl)cc4)nn3c2=O)ccc1OCCC(C)C. The maximum Gasteiger partial charge on any atom is 0.296 e. The zero-order valence-electron chi connectivity index (χ0n) is 19.1. The van der Waals surface area contributed by atoms with Gasteiger partial charge in [0.1, 0.15) is 5.69 Å². The normalized spacial score (nSPS) is 12.0. The molecule has 0 atom stereocenters. The molecule has 7 nitrogen and oxygen atoms in total. The summed E-state index contributed by atoms with van der Waals surface area (Å²) in [5.74, 6) is 1.78. The average Bonchev–Trinajstić information content (AvgIpc) is 3.10. The van der Waals surface area contributed by atoms with E-state index in [1.165, 1.54) is 4.52 Å². The second-order valence-corrected chi connectivity index (χ2v) is 9.66. The first-order valence-corrected chi connectivity index (χ1v) is 12.0. The number of ether oxygens (including phenoxy) is 2. The molecular formula is C25H24ClN3O4S. The Hall–Kier alpha value is -3.23. The number of hydrogen-bond donors (Lipinski definition) is 0. The molecule has 0 unspecified atom stereocenters. The molecule has 0 spiro atoms. The highest BCUT2D eigenvalue weighted by Gasteiger charge is 2.12. The summed E-state index contributed by atoms with van der Waals surface area (Å²) >= 11 is 7.04. The molecule has 0 bridgehead atoms. The highest BCUT2D eigenvalue weighted by molar-refractivity contribution is 7.15. The van der Waals surface area contributed by atoms with Crippen LogP contribution in [0.15, 0.2) is 52.1 Å². The molecule has 0 amide bonds.